The van der Waals surface area contributed by atoms with E-state index in [9.17, 15) is 0 Å². The standard InChI is InChI=1S/C10H14ClNO2/c1-6-3-4-13-9(6)8-5-12-10(14-8)7(2)11/h5-7,9H,3-4H2,1-2H3. The van der Waals surface area contributed by atoms with Gasteiger partial charge in [-0.1, -0.05) is 6.92 Å². The monoisotopic (exact) mass is 215 g/mol. The van der Waals surface area contributed by atoms with Gasteiger partial charge in [-0.05, 0) is 19.3 Å². The van der Waals surface area contributed by atoms with Gasteiger partial charge in [0.25, 0.3) is 0 Å². The highest BCUT2D eigenvalue weighted by molar-refractivity contribution is 6.20. The predicted octanol–water partition coefficient (Wildman–Crippen LogP) is 3.07. The summed E-state index contributed by atoms with van der Waals surface area (Å²) in [6.45, 7) is 4.80. The average molecular weight is 216 g/mol. The van der Waals surface area contributed by atoms with Crippen molar-refractivity contribution in [1.82, 2.24) is 4.98 Å². The number of aromatic nitrogens is 1. The summed E-state index contributed by atoms with van der Waals surface area (Å²) >= 11 is 5.86. The lowest BCUT2D eigenvalue weighted by atomic mass is 10.0. The van der Waals surface area contributed by atoms with Crippen molar-refractivity contribution in [3.8, 4) is 0 Å². The molecule has 3 atom stereocenters. The van der Waals surface area contributed by atoms with E-state index in [0.717, 1.165) is 18.8 Å². The molecule has 1 aliphatic rings. The van der Waals surface area contributed by atoms with E-state index >= 15 is 0 Å². The Morgan fingerprint density at radius 2 is 2.43 bits per heavy atom. The van der Waals surface area contributed by atoms with Crippen molar-refractivity contribution >= 4 is 11.6 Å². The molecule has 0 spiro atoms. The Balaban J connectivity index is 2.16. The molecular weight excluding hydrogens is 202 g/mol. The van der Waals surface area contributed by atoms with Gasteiger partial charge in [0, 0.05) is 6.61 Å². The Kier molecular flexibility index (Phi) is 2.79. The molecule has 4 heteroatoms. The Hall–Kier alpha value is -0.540. The van der Waals surface area contributed by atoms with Crippen molar-refractivity contribution in [2.45, 2.75) is 31.7 Å². The minimum atomic E-state index is -0.180. The summed E-state index contributed by atoms with van der Waals surface area (Å²) in [4.78, 5) is 4.12. The molecule has 3 nitrogen and oxygen atoms in total. The van der Waals surface area contributed by atoms with Crippen molar-refractivity contribution < 1.29 is 9.15 Å². The molecule has 0 radical (unpaired) electrons. The Morgan fingerprint density at radius 3 is 2.93 bits per heavy atom. The van der Waals surface area contributed by atoms with Crippen LogP contribution in [0.1, 0.15) is 43.4 Å². The van der Waals surface area contributed by atoms with Gasteiger partial charge >= 0.3 is 0 Å². The van der Waals surface area contributed by atoms with Crippen LogP contribution in [0.5, 0.6) is 0 Å². The van der Waals surface area contributed by atoms with Crippen molar-refractivity contribution in [3.63, 3.8) is 0 Å². The summed E-state index contributed by atoms with van der Waals surface area (Å²) in [5.41, 5.74) is 0. The Bertz CT molecular complexity index is 311. The quantitative estimate of drug-likeness (QED) is 0.712. The van der Waals surface area contributed by atoms with Gasteiger partial charge < -0.3 is 9.15 Å². The number of halogens is 1. The molecule has 1 saturated heterocycles. The first-order chi connectivity index (χ1) is 6.68. The number of hydrogen-bond acceptors (Lipinski definition) is 3. The first-order valence-electron chi connectivity index (χ1n) is 4.89. The molecule has 0 aromatic carbocycles. The average Bonchev–Trinajstić information content (AvgIpc) is 2.71. The third-order valence-electron chi connectivity index (χ3n) is 2.55. The molecule has 1 aromatic heterocycles. The van der Waals surface area contributed by atoms with E-state index in [-0.39, 0.29) is 11.5 Å². The normalized spacial score (nSPS) is 29.4. The first kappa shape index (κ1) is 9.99. The van der Waals surface area contributed by atoms with Gasteiger partial charge in [0.1, 0.15) is 11.5 Å². The van der Waals surface area contributed by atoms with Crippen LogP contribution in [0.3, 0.4) is 0 Å². The Labute approximate surface area is 88.4 Å². The van der Waals surface area contributed by atoms with E-state index in [4.69, 9.17) is 20.8 Å². The zero-order chi connectivity index (χ0) is 10.1. The van der Waals surface area contributed by atoms with Crippen LogP contribution in [0, 0.1) is 5.92 Å². The maximum Gasteiger partial charge on any atom is 0.212 e. The zero-order valence-electron chi connectivity index (χ0n) is 8.37. The summed E-state index contributed by atoms with van der Waals surface area (Å²) in [7, 11) is 0. The van der Waals surface area contributed by atoms with Crippen molar-refractivity contribution in [1.29, 1.82) is 0 Å². The molecule has 2 rings (SSSR count). The maximum atomic E-state index is 5.86. The van der Waals surface area contributed by atoms with Crippen LogP contribution in [0.15, 0.2) is 10.6 Å². The largest absolute Gasteiger partial charge is 0.441 e. The van der Waals surface area contributed by atoms with Crippen LogP contribution in [-0.4, -0.2) is 11.6 Å². The minimum absolute atomic E-state index is 0.0617. The number of nitrogens with zero attached hydrogens (tertiary/aromatic N) is 1. The summed E-state index contributed by atoms with van der Waals surface area (Å²) in [5.74, 6) is 1.88. The number of ether oxygens (including phenoxy) is 1. The lowest BCUT2D eigenvalue weighted by molar-refractivity contribution is 0.0749. The van der Waals surface area contributed by atoms with Gasteiger partial charge in [-0.2, -0.15) is 0 Å². The van der Waals surface area contributed by atoms with E-state index in [1.807, 2.05) is 6.92 Å². The molecule has 14 heavy (non-hydrogen) atoms. The molecule has 3 unspecified atom stereocenters. The van der Waals surface area contributed by atoms with Gasteiger partial charge in [0.15, 0.2) is 5.76 Å². The fourth-order valence-corrected chi connectivity index (χ4v) is 1.78. The predicted molar refractivity (Wildman–Crippen MR) is 53.2 cm³/mol. The van der Waals surface area contributed by atoms with Crippen molar-refractivity contribution in [2.24, 2.45) is 5.92 Å². The van der Waals surface area contributed by atoms with E-state index in [2.05, 4.69) is 11.9 Å². The molecule has 0 amide bonds. The second kappa shape index (κ2) is 3.91. The van der Waals surface area contributed by atoms with E-state index < -0.39 is 0 Å². The molecule has 0 N–H and O–H groups in total. The molecule has 0 saturated carbocycles. The highest BCUT2D eigenvalue weighted by atomic mass is 35.5. The summed E-state index contributed by atoms with van der Waals surface area (Å²) in [6, 6.07) is 0. The maximum absolute atomic E-state index is 5.86. The highest BCUT2D eigenvalue weighted by Gasteiger charge is 2.29. The second-order valence-electron chi connectivity index (χ2n) is 3.77. The zero-order valence-corrected chi connectivity index (χ0v) is 9.12. The summed E-state index contributed by atoms with van der Waals surface area (Å²) < 4.78 is 11.1. The van der Waals surface area contributed by atoms with Gasteiger partial charge in [-0.25, -0.2) is 4.98 Å². The third-order valence-corrected chi connectivity index (χ3v) is 2.74. The van der Waals surface area contributed by atoms with Crippen LogP contribution in [-0.2, 0) is 4.74 Å². The van der Waals surface area contributed by atoms with Gasteiger partial charge in [0.2, 0.25) is 5.89 Å². The molecule has 0 aliphatic carbocycles. The van der Waals surface area contributed by atoms with Gasteiger partial charge in [0.05, 0.1) is 6.20 Å². The van der Waals surface area contributed by atoms with E-state index in [0.29, 0.717) is 11.8 Å². The van der Waals surface area contributed by atoms with Crippen LogP contribution >= 0.6 is 11.6 Å². The SMILES string of the molecule is CC(Cl)c1ncc(C2OCCC2C)o1. The molecule has 78 valence electrons. The molecule has 0 bridgehead atoms. The minimum Gasteiger partial charge on any atom is -0.441 e. The summed E-state index contributed by atoms with van der Waals surface area (Å²) in [6.07, 6.45) is 2.87. The third kappa shape index (κ3) is 1.79. The van der Waals surface area contributed by atoms with Gasteiger partial charge in [-0.3, -0.25) is 0 Å². The summed E-state index contributed by atoms with van der Waals surface area (Å²) in [5, 5.41) is -0.180. The van der Waals surface area contributed by atoms with Crippen molar-refractivity contribution in [3.05, 3.63) is 17.8 Å². The number of oxazole rings is 1. The molecule has 2 heterocycles. The second-order valence-corrected chi connectivity index (χ2v) is 4.43. The topological polar surface area (TPSA) is 35.3 Å². The van der Waals surface area contributed by atoms with Gasteiger partial charge in [-0.15, -0.1) is 11.6 Å². The molecule has 1 aliphatic heterocycles. The highest BCUT2D eigenvalue weighted by Crippen LogP contribution is 2.35. The number of alkyl halides is 1. The van der Waals surface area contributed by atoms with Crippen LogP contribution < -0.4 is 0 Å². The van der Waals surface area contributed by atoms with E-state index in [1.165, 1.54) is 0 Å². The molecule has 1 aromatic rings. The molecule has 1 fully saturated rings. The molecular formula is C10H14ClNO2. The lowest BCUT2D eigenvalue weighted by Crippen LogP contribution is -2.02. The van der Waals surface area contributed by atoms with Crippen LogP contribution in [0.2, 0.25) is 0 Å². The lowest BCUT2D eigenvalue weighted by Gasteiger charge is -2.10. The first-order valence-corrected chi connectivity index (χ1v) is 5.33. The van der Waals surface area contributed by atoms with Crippen LogP contribution in [0.4, 0.5) is 0 Å². The number of rotatable bonds is 2. The Morgan fingerprint density at radius 1 is 1.64 bits per heavy atom. The number of hydrogen-bond donors (Lipinski definition) is 0. The van der Waals surface area contributed by atoms with Crippen molar-refractivity contribution in [2.75, 3.05) is 6.61 Å². The smallest absolute Gasteiger partial charge is 0.212 e. The fourth-order valence-electron chi connectivity index (χ4n) is 1.68. The fraction of sp³-hybridized carbons (Fsp3) is 0.700. The van der Waals surface area contributed by atoms with E-state index in [1.54, 1.807) is 6.20 Å². The van der Waals surface area contributed by atoms with Crippen LogP contribution in [0.25, 0.3) is 0 Å².